The summed E-state index contributed by atoms with van der Waals surface area (Å²) in [4.78, 5) is 24.0. The van der Waals surface area contributed by atoms with Gasteiger partial charge in [-0.1, -0.05) is 0 Å². The van der Waals surface area contributed by atoms with E-state index in [1.165, 1.54) is 19.5 Å². The van der Waals surface area contributed by atoms with Crippen LogP contribution >= 0.6 is 11.3 Å². The van der Waals surface area contributed by atoms with Crippen molar-refractivity contribution in [3.05, 3.63) is 57.2 Å². The maximum Gasteiger partial charge on any atom is 0.348 e. The van der Waals surface area contributed by atoms with Crippen LogP contribution in [0.3, 0.4) is 0 Å². The van der Waals surface area contributed by atoms with Crippen molar-refractivity contribution in [3.8, 4) is 0 Å². The third-order valence-corrected chi connectivity index (χ3v) is 3.60. The summed E-state index contributed by atoms with van der Waals surface area (Å²) in [6, 6.07) is 6.38. The summed E-state index contributed by atoms with van der Waals surface area (Å²) < 4.78 is 5.25. The molecule has 0 bridgehead atoms. The van der Waals surface area contributed by atoms with Gasteiger partial charge < -0.3 is 15.3 Å². The average molecular weight is 292 g/mol. The third kappa shape index (κ3) is 3.33. The fourth-order valence-corrected chi connectivity index (χ4v) is 2.34. The molecule has 0 saturated heterocycles. The summed E-state index contributed by atoms with van der Waals surface area (Å²) in [6.07, 6.45) is 2.73. The highest BCUT2D eigenvalue weighted by molar-refractivity contribution is 7.15. The molecule has 6 nitrogen and oxygen atoms in total. The Labute approximate surface area is 119 Å². The van der Waals surface area contributed by atoms with E-state index < -0.39 is 5.97 Å². The van der Waals surface area contributed by atoms with Crippen LogP contribution in [0.4, 0.5) is 0 Å². The number of esters is 1. The van der Waals surface area contributed by atoms with Gasteiger partial charge in [0.15, 0.2) is 12.4 Å². The number of ether oxygens (including phenoxy) is 1. The van der Waals surface area contributed by atoms with Crippen molar-refractivity contribution in [1.29, 1.82) is 0 Å². The summed E-state index contributed by atoms with van der Waals surface area (Å²) in [5, 5.41) is 13.6. The smallest absolute Gasteiger partial charge is 0.348 e. The van der Waals surface area contributed by atoms with Gasteiger partial charge in [0.05, 0.1) is 12.0 Å². The summed E-state index contributed by atoms with van der Waals surface area (Å²) in [5.41, 5.74) is 0.815. The zero-order chi connectivity index (χ0) is 14.5. The maximum absolute atomic E-state index is 11.9. The molecular weight excluding hydrogens is 280 g/mol. The van der Waals surface area contributed by atoms with Gasteiger partial charge in [-0.05, 0) is 17.7 Å². The van der Waals surface area contributed by atoms with Crippen molar-refractivity contribution in [2.75, 3.05) is 7.11 Å². The number of carbonyl (C=O) groups is 2. The number of aromatic nitrogens is 1. The lowest BCUT2D eigenvalue weighted by atomic mass is 10.2. The molecule has 0 unspecified atom stereocenters. The van der Waals surface area contributed by atoms with Gasteiger partial charge in [0.25, 0.3) is 5.91 Å². The molecule has 1 N–H and O–H groups in total. The Bertz CT molecular complexity index is 622. The van der Waals surface area contributed by atoms with Gasteiger partial charge in [-0.3, -0.25) is 4.79 Å². The van der Waals surface area contributed by atoms with E-state index in [0.717, 1.165) is 16.9 Å². The lowest BCUT2D eigenvalue weighted by Gasteiger charge is -2.03. The highest BCUT2D eigenvalue weighted by atomic mass is 32.1. The fourth-order valence-electron chi connectivity index (χ4n) is 1.50. The molecule has 104 valence electrons. The van der Waals surface area contributed by atoms with Crippen LogP contribution in [0, 0.1) is 5.21 Å². The molecule has 0 aliphatic carbocycles. The zero-order valence-corrected chi connectivity index (χ0v) is 11.5. The Balaban J connectivity index is 1.96. The molecule has 2 rings (SSSR count). The van der Waals surface area contributed by atoms with Gasteiger partial charge >= 0.3 is 5.97 Å². The van der Waals surface area contributed by atoms with E-state index in [9.17, 15) is 14.8 Å². The van der Waals surface area contributed by atoms with E-state index in [1.54, 1.807) is 24.3 Å². The molecule has 0 spiro atoms. The molecule has 1 amide bonds. The molecule has 0 aliphatic rings. The molecule has 0 radical (unpaired) electrons. The van der Waals surface area contributed by atoms with E-state index in [1.807, 2.05) is 0 Å². The van der Waals surface area contributed by atoms with E-state index in [4.69, 9.17) is 0 Å². The van der Waals surface area contributed by atoms with Crippen LogP contribution in [-0.2, 0) is 11.3 Å². The standard InChI is InChI=1S/C13H12N2O4S/c1-19-13(17)11-3-2-10(20-11)12(16)14-8-9-4-6-15(18)7-5-9/h2-7H,8H2,1H3,(H,14,16). The van der Waals surface area contributed by atoms with Crippen LogP contribution in [-0.4, -0.2) is 19.0 Å². The predicted molar refractivity (Wildman–Crippen MR) is 72.2 cm³/mol. The van der Waals surface area contributed by atoms with Crippen LogP contribution in [0.1, 0.15) is 24.9 Å². The first-order valence-corrected chi connectivity index (χ1v) is 6.56. The van der Waals surface area contributed by atoms with Crippen LogP contribution in [0.15, 0.2) is 36.7 Å². The molecular formula is C13H12N2O4S. The number of methoxy groups -OCH3 is 1. The zero-order valence-electron chi connectivity index (χ0n) is 10.7. The Morgan fingerprint density at radius 3 is 2.55 bits per heavy atom. The van der Waals surface area contributed by atoms with Crippen LogP contribution < -0.4 is 10.0 Å². The first-order chi connectivity index (χ1) is 9.60. The number of rotatable bonds is 4. The molecule has 0 fully saturated rings. The molecule has 2 heterocycles. The van der Waals surface area contributed by atoms with Gasteiger partial charge in [0.2, 0.25) is 0 Å². The molecule has 0 aromatic carbocycles. The second-order valence-electron chi connectivity index (χ2n) is 3.90. The topological polar surface area (TPSA) is 82.3 Å². The Hall–Kier alpha value is -2.41. The summed E-state index contributed by atoms with van der Waals surface area (Å²) in [7, 11) is 1.29. The monoisotopic (exact) mass is 292 g/mol. The van der Waals surface area contributed by atoms with Crippen molar-refractivity contribution in [2.45, 2.75) is 6.54 Å². The van der Waals surface area contributed by atoms with Gasteiger partial charge in [0.1, 0.15) is 4.88 Å². The van der Waals surface area contributed by atoms with Crippen molar-refractivity contribution in [1.82, 2.24) is 5.32 Å². The van der Waals surface area contributed by atoms with Gasteiger partial charge in [-0.15, -0.1) is 11.3 Å². The molecule has 2 aromatic rings. The Kier molecular flexibility index (Phi) is 4.31. The largest absolute Gasteiger partial charge is 0.619 e. The number of thiophene rings is 1. The van der Waals surface area contributed by atoms with Crippen molar-refractivity contribution in [2.24, 2.45) is 0 Å². The van der Waals surface area contributed by atoms with E-state index in [0.29, 0.717) is 21.0 Å². The molecule has 0 saturated carbocycles. The SMILES string of the molecule is COC(=O)c1ccc(C(=O)NCc2cc[n+]([O-])cc2)s1. The molecule has 0 atom stereocenters. The maximum atomic E-state index is 11.9. The summed E-state index contributed by atoms with van der Waals surface area (Å²) >= 11 is 1.07. The van der Waals surface area contributed by atoms with Crippen molar-refractivity contribution >= 4 is 23.2 Å². The van der Waals surface area contributed by atoms with E-state index in [-0.39, 0.29) is 5.91 Å². The third-order valence-electron chi connectivity index (χ3n) is 2.54. The second-order valence-corrected chi connectivity index (χ2v) is 4.99. The molecule has 20 heavy (non-hydrogen) atoms. The van der Waals surface area contributed by atoms with Gasteiger partial charge in [0, 0.05) is 18.7 Å². The van der Waals surface area contributed by atoms with Crippen LogP contribution in [0.5, 0.6) is 0 Å². The van der Waals surface area contributed by atoms with Crippen molar-refractivity contribution < 1.29 is 19.1 Å². The lowest BCUT2D eigenvalue weighted by Crippen LogP contribution is -2.26. The number of amides is 1. The predicted octanol–water partition coefficient (Wildman–Crippen LogP) is 1.10. The quantitative estimate of drug-likeness (QED) is 0.519. The Morgan fingerprint density at radius 1 is 1.25 bits per heavy atom. The number of nitrogens with one attached hydrogen (secondary N) is 1. The Morgan fingerprint density at radius 2 is 1.90 bits per heavy atom. The number of hydrogen-bond acceptors (Lipinski definition) is 5. The minimum Gasteiger partial charge on any atom is -0.619 e. The summed E-state index contributed by atoms with van der Waals surface area (Å²) in [5.74, 6) is -0.735. The number of hydrogen-bond donors (Lipinski definition) is 1. The number of pyridine rings is 1. The summed E-state index contributed by atoms with van der Waals surface area (Å²) in [6.45, 7) is 0.311. The molecule has 7 heteroatoms. The normalized spacial score (nSPS) is 10.1. The number of carbonyl (C=O) groups excluding carboxylic acids is 2. The lowest BCUT2D eigenvalue weighted by molar-refractivity contribution is -0.605. The van der Waals surface area contributed by atoms with Gasteiger partial charge in [-0.2, -0.15) is 4.73 Å². The first-order valence-electron chi connectivity index (χ1n) is 5.74. The highest BCUT2D eigenvalue weighted by Crippen LogP contribution is 2.17. The average Bonchev–Trinajstić information content (AvgIpc) is 2.95. The fraction of sp³-hybridized carbons (Fsp3) is 0.154. The first kappa shape index (κ1) is 14.0. The van der Waals surface area contributed by atoms with E-state index in [2.05, 4.69) is 10.1 Å². The van der Waals surface area contributed by atoms with Gasteiger partial charge in [-0.25, -0.2) is 4.79 Å². The second kappa shape index (κ2) is 6.16. The van der Waals surface area contributed by atoms with Crippen LogP contribution in [0.2, 0.25) is 0 Å². The van der Waals surface area contributed by atoms with Crippen molar-refractivity contribution in [3.63, 3.8) is 0 Å². The minimum absolute atomic E-state index is 0.274. The molecule has 0 aliphatic heterocycles. The minimum atomic E-state index is -0.461. The number of nitrogens with zero attached hydrogens (tertiary/aromatic N) is 1. The van der Waals surface area contributed by atoms with E-state index >= 15 is 0 Å². The molecule has 2 aromatic heterocycles. The van der Waals surface area contributed by atoms with Crippen LogP contribution in [0.25, 0.3) is 0 Å². The highest BCUT2D eigenvalue weighted by Gasteiger charge is 2.13.